The van der Waals surface area contributed by atoms with Crippen LogP contribution in [0.25, 0.3) is 0 Å². The second-order valence-corrected chi connectivity index (χ2v) is 6.48. The van der Waals surface area contributed by atoms with Gasteiger partial charge in [-0.2, -0.15) is 5.06 Å². The normalized spacial score (nSPS) is 26.9. The summed E-state index contributed by atoms with van der Waals surface area (Å²) in [5.74, 6) is 0. The van der Waals surface area contributed by atoms with Crippen molar-refractivity contribution in [1.29, 1.82) is 0 Å². The van der Waals surface area contributed by atoms with Gasteiger partial charge in [-0.15, -0.1) is 0 Å². The van der Waals surface area contributed by atoms with Gasteiger partial charge in [0.05, 0.1) is 6.10 Å². The van der Waals surface area contributed by atoms with Crippen LogP contribution < -0.4 is 0 Å². The fourth-order valence-corrected chi connectivity index (χ4v) is 2.88. The highest BCUT2D eigenvalue weighted by Crippen LogP contribution is 2.38. The van der Waals surface area contributed by atoms with Crippen LogP contribution >= 0.6 is 0 Å². The Morgan fingerprint density at radius 2 is 1.62 bits per heavy atom. The third kappa shape index (κ3) is 3.14. The Morgan fingerprint density at radius 1 is 1.25 bits per heavy atom. The Hall–Kier alpha value is -0.210. The summed E-state index contributed by atoms with van der Waals surface area (Å²) in [4.78, 5) is 0. The Kier molecular flexibility index (Phi) is 3.39. The van der Waals surface area contributed by atoms with Crippen LogP contribution in [0.5, 0.6) is 0 Å². The van der Waals surface area contributed by atoms with E-state index in [4.69, 9.17) is 0 Å². The minimum absolute atomic E-state index is 0.286. The first kappa shape index (κ1) is 13.9. The zero-order valence-electron chi connectivity index (χ0n) is 9.93. The number of rotatable bonds is 2. The molecule has 1 saturated heterocycles. The Morgan fingerprint density at radius 3 is 1.94 bits per heavy atom. The molecule has 0 amide bonds. The highest BCUT2D eigenvalue weighted by Gasteiger charge is 2.46. The molecule has 1 aliphatic rings. The zero-order valence-corrected chi connectivity index (χ0v) is 10.7. The van der Waals surface area contributed by atoms with Crippen molar-refractivity contribution in [2.45, 2.75) is 57.7 Å². The van der Waals surface area contributed by atoms with E-state index in [0.29, 0.717) is 0 Å². The molecule has 1 aliphatic heterocycles. The summed E-state index contributed by atoms with van der Waals surface area (Å²) < 4.78 is 36.1. The highest BCUT2D eigenvalue weighted by atomic mass is 32.3. The summed E-state index contributed by atoms with van der Waals surface area (Å²) in [6, 6.07) is 0. The van der Waals surface area contributed by atoms with E-state index >= 15 is 0 Å². The monoisotopic (exact) mass is 252 g/mol. The third-order valence-electron chi connectivity index (χ3n) is 2.86. The summed E-state index contributed by atoms with van der Waals surface area (Å²) in [5, 5.41) is 11.1. The lowest BCUT2D eigenvalue weighted by Gasteiger charge is -2.51. The molecule has 7 heteroatoms. The number of hydrogen-bond acceptors (Lipinski definition) is 6. The van der Waals surface area contributed by atoms with E-state index in [1.807, 2.05) is 0 Å². The predicted octanol–water partition coefficient (Wildman–Crippen LogP) is 0.874. The zero-order chi connectivity index (χ0) is 12.8. The van der Waals surface area contributed by atoms with E-state index in [1.165, 1.54) is 5.06 Å². The molecule has 0 aliphatic carbocycles. The van der Waals surface area contributed by atoms with E-state index < -0.39 is 27.6 Å². The van der Waals surface area contributed by atoms with Gasteiger partial charge in [0.2, 0.25) is 10.4 Å². The van der Waals surface area contributed by atoms with Gasteiger partial charge >= 0.3 is 0 Å². The van der Waals surface area contributed by atoms with E-state index in [1.54, 1.807) is 27.7 Å². The fraction of sp³-hybridized carbons (Fsp3) is 1.00. The maximum atomic E-state index is 10.5. The molecule has 0 unspecified atom stereocenters. The van der Waals surface area contributed by atoms with Crippen molar-refractivity contribution in [3.8, 4) is 0 Å². The van der Waals surface area contributed by atoms with E-state index in [2.05, 4.69) is 4.18 Å². The van der Waals surface area contributed by atoms with Crippen LogP contribution in [0.1, 0.15) is 40.5 Å². The van der Waals surface area contributed by atoms with Crippen LogP contribution in [0.3, 0.4) is 0 Å². The number of nitrogens with zero attached hydrogens (tertiary/aromatic N) is 1. The van der Waals surface area contributed by atoms with Crippen LogP contribution in [0.15, 0.2) is 0 Å². The molecule has 0 radical (unpaired) electrons. The SMILES string of the molecule is CC1(C)CC(OS(=O)(=O)[O-])CC(C)(C)N1O. The van der Waals surface area contributed by atoms with Crippen LogP contribution in [0.4, 0.5) is 0 Å². The highest BCUT2D eigenvalue weighted by molar-refractivity contribution is 7.80. The summed E-state index contributed by atoms with van der Waals surface area (Å²) >= 11 is 0. The molecule has 0 aromatic rings. The van der Waals surface area contributed by atoms with E-state index in [-0.39, 0.29) is 12.8 Å². The van der Waals surface area contributed by atoms with Gasteiger partial charge in [0.15, 0.2) is 0 Å². The standard InChI is InChI=1S/C9H19NO5S/c1-8(2)5-7(15-16(12,13)14)6-9(3,4)10(8)11/h7,11H,5-6H2,1-4H3,(H,12,13,14)/p-1. The summed E-state index contributed by atoms with van der Waals surface area (Å²) in [7, 11) is -4.69. The first-order valence-corrected chi connectivity index (χ1v) is 6.41. The molecule has 96 valence electrons. The summed E-state index contributed by atoms with van der Waals surface area (Å²) in [6.07, 6.45) is -0.112. The molecule has 0 aromatic heterocycles. The van der Waals surface area contributed by atoms with Crippen molar-refractivity contribution in [3.05, 3.63) is 0 Å². The molecular formula is C9H18NO5S-. The van der Waals surface area contributed by atoms with Gasteiger partial charge in [-0.25, -0.2) is 8.42 Å². The molecule has 0 spiro atoms. The van der Waals surface area contributed by atoms with Crippen molar-refractivity contribution in [1.82, 2.24) is 5.06 Å². The van der Waals surface area contributed by atoms with Gasteiger partial charge in [-0.05, 0) is 40.5 Å². The van der Waals surface area contributed by atoms with Crippen LogP contribution in [0.2, 0.25) is 0 Å². The van der Waals surface area contributed by atoms with Gasteiger partial charge in [0, 0.05) is 11.1 Å². The van der Waals surface area contributed by atoms with Crippen LogP contribution in [-0.4, -0.2) is 40.4 Å². The molecular weight excluding hydrogens is 234 g/mol. The smallest absolute Gasteiger partial charge is 0.217 e. The lowest BCUT2D eigenvalue weighted by Crippen LogP contribution is -2.60. The second-order valence-electron chi connectivity index (χ2n) is 5.47. The van der Waals surface area contributed by atoms with Crippen molar-refractivity contribution in [2.24, 2.45) is 0 Å². The fourth-order valence-electron chi connectivity index (χ4n) is 2.41. The molecule has 6 nitrogen and oxygen atoms in total. The average Bonchev–Trinajstić information content (AvgIpc) is 1.95. The molecule has 1 heterocycles. The molecule has 1 N–H and O–H groups in total. The maximum absolute atomic E-state index is 10.5. The van der Waals surface area contributed by atoms with Gasteiger partial charge in [0.1, 0.15) is 0 Å². The topological polar surface area (TPSA) is 89.9 Å². The van der Waals surface area contributed by atoms with Crippen LogP contribution in [0, 0.1) is 0 Å². The van der Waals surface area contributed by atoms with Crippen molar-refractivity contribution >= 4 is 10.4 Å². The first-order chi connectivity index (χ1) is 6.94. The Labute approximate surface area is 96.1 Å². The minimum atomic E-state index is -4.69. The predicted molar refractivity (Wildman–Crippen MR) is 55.6 cm³/mol. The third-order valence-corrected chi connectivity index (χ3v) is 3.36. The summed E-state index contributed by atoms with van der Waals surface area (Å²) in [6.45, 7) is 7.06. The largest absolute Gasteiger partial charge is 0.726 e. The maximum Gasteiger partial charge on any atom is 0.217 e. The first-order valence-electron chi connectivity index (χ1n) is 5.07. The molecule has 0 atom stereocenters. The number of hydrogen-bond donors (Lipinski definition) is 1. The molecule has 1 fully saturated rings. The lowest BCUT2D eigenvalue weighted by molar-refractivity contribution is -0.255. The molecule has 1 rings (SSSR count). The average molecular weight is 252 g/mol. The minimum Gasteiger partial charge on any atom is -0.726 e. The van der Waals surface area contributed by atoms with Crippen molar-refractivity contribution in [2.75, 3.05) is 0 Å². The molecule has 16 heavy (non-hydrogen) atoms. The van der Waals surface area contributed by atoms with Gasteiger partial charge in [-0.3, -0.25) is 4.18 Å². The molecule has 0 saturated carbocycles. The van der Waals surface area contributed by atoms with Gasteiger partial charge in [0.25, 0.3) is 0 Å². The molecule has 0 aromatic carbocycles. The van der Waals surface area contributed by atoms with Gasteiger partial charge in [-0.1, -0.05) is 0 Å². The van der Waals surface area contributed by atoms with Crippen molar-refractivity contribution in [3.63, 3.8) is 0 Å². The molecule has 0 bridgehead atoms. The van der Waals surface area contributed by atoms with E-state index in [9.17, 15) is 18.2 Å². The van der Waals surface area contributed by atoms with Crippen LogP contribution in [-0.2, 0) is 14.6 Å². The Balaban J connectivity index is 2.87. The number of hydroxylamine groups is 2. The summed E-state index contributed by atoms with van der Waals surface area (Å²) in [5.41, 5.74) is -1.26. The lowest BCUT2D eigenvalue weighted by atomic mass is 9.80. The quantitative estimate of drug-likeness (QED) is 0.579. The van der Waals surface area contributed by atoms with Gasteiger partial charge < -0.3 is 9.76 Å². The Bertz CT molecular complexity index is 344. The number of piperidine rings is 1. The van der Waals surface area contributed by atoms with E-state index in [0.717, 1.165) is 0 Å². The second kappa shape index (κ2) is 3.92. The van der Waals surface area contributed by atoms with Crippen molar-refractivity contribution < 1.29 is 22.4 Å².